The minimum absolute atomic E-state index is 0.159. The third-order valence-electron chi connectivity index (χ3n) is 5.05. The van der Waals surface area contributed by atoms with Crippen LogP contribution in [0.3, 0.4) is 0 Å². The maximum absolute atomic E-state index is 12.5. The number of aromatic nitrogens is 2. The Labute approximate surface area is 150 Å². The largest absolute Gasteiger partial charge is 0.354 e. The van der Waals surface area contributed by atoms with Crippen LogP contribution >= 0.6 is 0 Å². The minimum atomic E-state index is 0.159. The normalized spacial score (nSPS) is 23.6. The van der Waals surface area contributed by atoms with Crippen LogP contribution < -0.4 is 10.2 Å². The van der Waals surface area contributed by atoms with Crippen molar-refractivity contribution in [2.45, 2.75) is 38.1 Å². The third kappa shape index (κ3) is 5.01. The zero-order chi connectivity index (χ0) is 17.6. The number of rotatable bonds is 6. The third-order valence-corrected chi connectivity index (χ3v) is 5.05. The van der Waals surface area contributed by atoms with Crippen LogP contribution in [-0.2, 0) is 4.79 Å². The van der Waals surface area contributed by atoms with E-state index < -0.39 is 0 Å². The number of carbonyl (C=O) groups excluding carboxylic acids is 1. The molecule has 2 atom stereocenters. The number of anilines is 1. The summed E-state index contributed by atoms with van der Waals surface area (Å²) < 4.78 is 0. The van der Waals surface area contributed by atoms with E-state index in [0.29, 0.717) is 12.3 Å². The molecule has 0 radical (unpaired) electrons. The summed E-state index contributed by atoms with van der Waals surface area (Å²) in [6.07, 6.45) is 10.8. The van der Waals surface area contributed by atoms with Gasteiger partial charge in [0.2, 0.25) is 5.91 Å². The van der Waals surface area contributed by atoms with Crippen LogP contribution in [0.1, 0.15) is 32.1 Å². The zero-order valence-electron chi connectivity index (χ0n) is 15.3. The first-order chi connectivity index (χ1) is 12.1. The molecule has 6 heteroatoms. The molecular weight excluding hydrogens is 314 g/mol. The summed E-state index contributed by atoms with van der Waals surface area (Å²) in [5.41, 5.74) is 1.30. The van der Waals surface area contributed by atoms with Gasteiger partial charge in [-0.3, -0.25) is 4.79 Å². The average Bonchev–Trinajstić information content (AvgIpc) is 2.98. The second-order valence-corrected chi connectivity index (χ2v) is 7.45. The van der Waals surface area contributed by atoms with Gasteiger partial charge in [-0.2, -0.15) is 0 Å². The summed E-state index contributed by atoms with van der Waals surface area (Å²) in [4.78, 5) is 25.3. The standard InChI is InChI=1S/C19H29N5O/c1-23(2)11-16-12-24(18-8-9-20-14-21-18)13-17(16)22-19(25)10-15-6-4-3-5-7-15/h6,8-9,14,16-17H,3-5,7,10-13H2,1-2H3,(H,22,25)/t16-,17-/m1/s1. The number of amides is 1. The maximum Gasteiger partial charge on any atom is 0.224 e. The fraction of sp³-hybridized carbons (Fsp3) is 0.632. The molecule has 1 saturated heterocycles. The Morgan fingerprint density at radius 2 is 2.24 bits per heavy atom. The van der Waals surface area contributed by atoms with E-state index in [-0.39, 0.29) is 11.9 Å². The van der Waals surface area contributed by atoms with Crippen molar-refractivity contribution in [3.05, 3.63) is 30.2 Å². The van der Waals surface area contributed by atoms with Gasteiger partial charge in [0.15, 0.2) is 0 Å². The van der Waals surface area contributed by atoms with Crippen molar-refractivity contribution in [3.8, 4) is 0 Å². The molecule has 0 unspecified atom stereocenters. The van der Waals surface area contributed by atoms with Gasteiger partial charge >= 0.3 is 0 Å². The lowest BCUT2D eigenvalue weighted by atomic mass is 9.96. The first kappa shape index (κ1) is 17.9. The minimum Gasteiger partial charge on any atom is -0.354 e. The summed E-state index contributed by atoms with van der Waals surface area (Å²) >= 11 is 0. The number of hydrogen-bond acceptors (Lipinski definition) is 5. The first-order valence-electron chi connectivity index (χ1n) is 9.25. The van der Waals surface area contributed by atoms with E-state index in [1.165, 1.54) is 18.4 Å². The molecule has 6 nitrogen and oxygen atoms in total. The summed E-state index contributed by atoms with van der Waals surface area (Å²) in [5, 5.41) is 3.29. The second kappa shape index (κ2) is 8.43. The van der Waals surface area contributed by atoms with E-state index >= 15 is 0 Å². The summed E-state index contributed by atoms with van der Waals surface area (Å²) in [7, 11) is 4.16. The lowest BCUT2D eigenvalue weighted by Crippen LogP contribution is -2.43. The van der Waals surface area contributed by atoms with Crippen molar-refractivity contribution in [1.29, 1.82) is 0 Å². The van der Waals surface area contributed by atoms with E-state index in [1.807, 2.05) is 6.07 Å². The highest BCUT2D eigenvalue weighted by Crippen LogP contribution is 2.24. The molecular formula is C19H29N5O. The average molecular weight is 343 g/mol. The van der Waals surface area contributed by atoms with E-state index in [0.717, 1.165) is 38.3 Å². The Hall–Kier alpha value is -1.95. The van der Waals surface area contributed by atoms with Crippen LogP contribution in [0.15, 0.2) is 30.2 Å². The monoisotopic (exact) mass is 343 g/mol. The smallest absolute Gasteiger partial charge is 0.224 e. The van der Waals surface area contributed by atoms with E-state index in [9.17, 15) is 4.79 Å². The van der Waals surface area contributed by atoms with Gasteiger partial charge in [-0.05, 0) is 45.8 Å². The molecule has 1 aromatic rings. The number of nitrogens with zero attached hydrogens (tertiary/aromatic N) is 4. The topological polar surface area (TPSA) is 61.4 Å². The van der Waals surface area contributed by atoms with Crippen LogP contribution in [0.5, 0.6) is 0 Å². The molecule has 3 rings (SSSR count). The van der Waals surface area contributed by atoms with Crippen molar-refractivity contribution in [1.82, 2.24) is 20.2 Å². The van der Waals surface area contributed by atoms with Gasteiger partial charge in [-0.1, -0.05) is 11.6 Å². The Morgan fingerprint density at radius 1 is 1.36 bits per heavy atom. The molecule has 0 saturated carbocycles. The van der Waals surface area contributed by atoms with Gasteiger partial charge < -0.3 is 15.1 Å². The number of carbonyl (C=O) groups is 1. The molecule has 1 aliphatic heterocycles. The van der Waals surface area contributed by atoms with Crippen molar-refractivity contribution < 1.29 is 4.79 Å². The molecule has 25 heavy (non-hydrogen) atoms. The summed E-state index contributed by atoms with van der Waals surface area (Å²) in [6.45, 7) is 2.67. The van der Waals surface area contributed by atoms with Gasteiger partial charge in [0.1, 0.15) is 12.1 Å². The van der Waals surface area contributed by atoms with Crippen LogP contribution in [0, 0.1) is 5.92 Å². The van der Waals surface area contributed by atoms with Gasteiger partial charge in [0.25, 0.3) is 0 Å². The molecule has 1 aromatic heterocycles. The van der Waals surface area contributed by atoms with Crippen molar-refractivity contribution in [2.24, 2.45) is 5.92 Å². The van der Waals surface area contributed by atoms with Crippen LogP contribution in [0.4, 0.5) is 5.82 Å². The molecule has 2 heterocycles. The van der Waals surface area contributed by atoms with Crippen LogP contribution in [-0.4, -0.2) is 60.5 Å². The fourth-order valence-electron chi connectivity index (χ4n) is 3.88. The SMILES string of the molecule is CN(C)C[C@@H]1CN(c2ccncn2)C[C@H]1NC(=O)CC1=CCCCC1. The molecule has 2 aliphatic rings. The second-order valence-electron chi connectivity index (χ2n) is 7.45. The molecule has 136 valence electrons. The van der Waals surface area contributed by atoms with Crippen molar-refractivity contribution in [3.63, 3.8) is 0 Å². The lowest BCUT2D eigenvalue weighted by molar-refractivity contribution is -0.121. The predicted octanol–water partition coefficient (Wildman–Crippen LogP) is 1.85. The predicted molar refractivity (Wildman–Crippen MR) is 99.4 cm³/mol. The number of nitrogens with one attached hydrogen (secondary N) is 1. The van der Waals surface area contributed by atoms with E-state index in [1.54, 1.807) is 12.5 Å². The van der Waals surface area contributed by atoms with Gasteiger partial charge in [-0.15, -0.1) is 0 Å². The molecule has 0 aromatic carbocycles. The van der Waals surface area contributed by atoms with Gasteiger partial charge in [0, 0.05) is 38.2 Å². The van der Waals surface area contributed by atoms with Crippen LogP contribution in [0.25, 0.3) is 0 Å². The Kier molecular flexibility index (Phi) is 6.02. The number of allylic oxidation sites excluding steroid dienone is 1. The van der Waals surface area contributed by atoms with E-state index in [2.05, 4.69) is 45.3 Å². The summed E-state index contributed by atoms with van der Waals surface area (Å²) in [6, 6.07) is 2.10. The molecule has 1 aliphatic carbocycles. The highest BCUT2D eigenvalue weighted by molar-refractivity contribution is 5.79. The van der Waals surface area contributed by atoms with Gasteiger partial charge in [0.05, 0.1) is 6.04 Å². The zero-order valence-corrected chi connectivity index (χ0v) is 15.3. The molecule has 0 spiro atoms. The molecule has 1 fully saturated rings. The number of hydrogen-bond donors (Lipinski definition) is 1. The van der Waals surface area contributed by atoms with E-state index in [4.69, 9.17) is 0 Å². The molecule has 1 amide bonds. The van der Waals surface area contributed by atoms with Crippen LogP contribution in [0.2, 0.25) is 0 Å². The molecule has 1 N–H and O–H groups in total. The quantitative estimate of drug-likeness (QED) is 0.799. The Morgan fingerprint density at radius 3 is 2.92 bits per heavy atom. The first-order valence-corrected chi connectivity index (χ1v) is 9.25. The Bertz CT molecular complexity index is 601. The van der Waals surface area contributed by atoms with Gasteiger partial charge in [-0.25, -0.2) is 9.97 Å². The highest BCUT2D eigenvalue weighted by atomic mass is 16.1. The Balaban J connectivity index is 1.62. The molecule has 0 bridgehead atoms. The lowest BCUT2D eigenvalue weighted by Gasteiger charge is -2.23. The van der Waals surface area contributed by atoms with Crippen molar-refractivity contribution in [2.75, 3.05) is 38.6 Å². The summed E-state index contributed by atoms with van der Waals surface area (Å²) in [5.74, 6) is 1.49. The van der Waals surface area contributed by atoms with Crippen molar-refractivity contribution >= 4 is 11.7 Å². The fourth-order valence-corrected chi connectivity index (χ4v) is 3.88. The highest BCUT2D eigenvalue weighted by Gasteiger charge is 2.34. The maximum atomic E-state index is 12.5.